The van der Waals surface area contributed by atoms with Gasteiger partial charge >= 0.3 is 11.9 Å². The molecule has 0 aliphatic carbocycles. The number of carboxylic acids is 2. The van der Waals surface area contributed by atoms with Crippen molar-refractivity contribution in [1.29, 1.82) is 0 Å². The lowest BCUT2D eigenvalue weighted by Crippen LogP contribution is -2.36. The molecule has 0 fully saturated rings. The Kier molecular flexibility index (Phi) is 11.7. The second kappa shape index (κ2) is 11.0. The number of carbonyl (C=O) groups is 2. The fourth-order valence-corrected chi connectivity index (χ4v) is 1.04. The molecule has 0 aromatic rings. The first-order valence-electron chi connectivity index (χ1n) is 6.24. The minimum Gasteiger partial charge on any atom is -0.480 e. The first-order valence-corrected chi connectivity index (χ1v) is 6.24. The standard InChI is InChI=1S/2C6H13NO2/c1-3-4(2)5(7)6(8)9;1-2-3-4-5(7)6(8)9/h4-5H,3,7H2,1-2H3,(H,8,9);5H,2-4,7H2,1H3,(H,8,9)/t4?,5-;5-/m00/s1. The number of nitrogens with two attached hydrogens (primary N) is 2. The molecule has 0 saturated heterocycles. The predicted octanol–water partition coefficient (Wildman–Crippen LogP) is 1.03. The van der Waals surface area contributed by atoms with Crippen molar-refractivity contribution >= 4 is 11.9 Å². The van der Waals surface area contributed by atoms with E-state index in [0.717, 1.165) is 19.3 Å². The molecule has 0 spiro atoms. The van der Waals surface area contributed by atoms with E-state index in [1.54, 1.807) is 0 Å². The molecule has 6 N–H and O–H groups in total. The summed E-state index contributed by atoms with van der Waals surface area (Å²) < 4.78 is 0. The highest BCUT2D eigenvalue weighted by Gasteiger charge is 2.17. The third-order valence-electron chi connectivity index (χ3n) is 2.73. The fourth-order valence-electron chi connectivity index (χ4n) is 1.04. The Morgan fingerprint density at radius 1 is 1.11 bits per heavy atom. The van der Waals surface area contributed by atoms with Crippen LogP contribution in [0.15, 0.2) is 0 Å². The van der Waals surface area contributed by atoms with Crippen molar-refractivity contribution in [2.24, 2.45) is 17.4 Å². The van der Waals surface area contributed by atoms with Gasteiger partial charge in [-0.15, -0.1) is 0 Å². The molecule has 3 atom stereocenters. The van der Waals surface area contributed by atoms with Gasteiger partial charge in [0.25, 0.3) is 0 Å². The monoisotopic (exact) mass is 262 g/mol. The van der Waals surface area contributed by atoms with Crippen molar-refractivity contribution in [2.45, 2.75) is 58.5 Å². The topological polar surface area (TPSA) is 127 Å². The maximum Gasteiger partial charge on any atom is 0.320 e. The van der Waals surface area contributed by atoms with Gasteiger partial charge in [0.2, 0.25) is 0 Å². The summed E-state index contributed by atoms with van der Waals surface area (Å²) in [5, 5.41) is 16.6. The molecule has 0 aliphatic rings. The van der Waals surface area contributed by atoms with Crippen LogP contribution in [0.5, 0.6) is 0 Å². The van der Waals surface area contributed by atoms with Crippen LogP contribution < -0.4 is 11.5 Å². The second-order valence-electron chi connectivity index (χ2n) is 4.34. The van der Waals surface area contributed by atoms with Crippen molar-refractivity contribution in [3.05, 3.63) is 0 Å². The van der Waals surface area contributed by atoms with Crippen molar-refractivity contribution < 1.29 is 19.8 Å². The van der Waals surface area contributed by atoms with Gasteiger partial charge in [0, 0.05) is 0 Å². The number of carboxylic acid groups (broad SMARTS) is 2. The maximum atomic E-state index is 10.2. The van der Waals surface area contributed by atoms with Crippen molar-refractivity contribution in [3.8, 4) is 0 Å². The Bertz CT molecular complexity index is 246. The molecule has 0 radical (unpaired) electrons. The summed E-state index contributed by atoms with van der Waals surface area (Å²) >= 11 is 0. The second-order valence-corrected chi connectivity index (χ2v) is 4.34. The lowest BCUT2D eigenvalue weighted by molar-refractivity contribution is -0.140. The molecule has 6 heteroatoms. The van der Waals surface area contributed by atoms with Gasteiger partial charge in [-0.1, -0.05) is 40.0 Å². The minimum atomic E-state index is -0.913. The lowest BCUT2D eigenvalue weighted by Gasteiger charge is -2.11. The molecular weight excluding hydrogens is 236 g/mol. The van der Waals surface area contributed by atoms with E-state index in [-0.39, 0.29) is 5.92 Å². The lowest BCUT2D eigenvalue weighted by atomic mass is 10.0. The van der Waals surface area contributed by atoms with Crippen LogP contribution in [0.4, 0.5) is 0 Å². The normalized spacial score (nSPS) is 14.9. The Morgan fingerprint density at radius 3 is 1.83 bits per heavy atom. The van der Waals surface area contributed by atoms with Crippen LogP contribution in [0.1, 0.15) is 46.5 Å². The van der Waals surface area contributed by atoms with Crippen molar-refractivity contribution in [2.75, 3.05) is 0 Å². The Balaban J connectivity index is 0. The Hall–Kier alpha value is -1.14. The van der Waals surface area contributed by atoms with E-state index in [4.69, 9.17) is 21.7 Å². The van der Waals surface area contributed by atoms with Gasteiger partial charge in [0.05, 0.1) is 0 Å². The molecule has 0 bridgehead atoms. The molecule has 18 heavy (non-hydrogen) atoms. The third-order valence-corrected chi connectivity index (χ3v) is 2.73. The molecular formula is C12H26N2O4. The Labute approximate surface area is 108 Å². The van der Waals surface area contributed by atoms with E-state index in [1.165, 1.54) is 0 Å². The molecule has 0 amide bonds. The van der Waals surface area contributed by atoms with Crippen molar-refractivity contribution in [1.82, 2.24) is 0 Å². The summed E-state index contributed by atoms with van der Waals surface area (Å²) in [5.74, 6) is -1.74. The third kappa shape index (κ3) is 10.0. The summed E-state index contributed by atoms with van der Waals surface area (Å²) in [6.07, 6.45) is 3.30. The number of unbranched alkanes of at least 4 members (excludes halogenated alkanes) is 1. The van der Waals surface area contributed by atoms with E-state index in [1.807, 2.05) is 20.8 Å². The molecule has 0 rings (SSSR count). The number of aliphatic carboxylic acids is 2. The fraction of sp³-hybridized carbons (Fsp3) is 0.833. The van der Waals surface area contributed by atoms with E-state index in [2.05, 4.69) is 0 Å². The van der Waals surface area contributed by atoms with E-state index >= 15 is 0 Å². The van der Waals surface area contributed by atoms with Gasteiger partial charge in [0.15, 0.2) is 0 Å². The van der Waals surface area contributed by atoms with E-state index in [9.17, 15) is 9.59 Å². The summed E-state index contributed by atoms with van der Waals surface area (Å²) in [5.41, 5.74) is 10.5. The van der Waals surface area contributed by atoms with Crippen LogP contribution in [-0.4, -0.2) is 34.2 Å². The highest BCUT2D eigenvalue weighted by molar-refractivity contribution is 5.73. The molecule has 0 aromatic heterocycles. The number of rotatable bonds is 7. The molecule has 0 aromatic carbocycles. The summed E-state index contributed by atoms with van der Waals surface area (Å²) in [7, 11) is 0. The van der Waals surface area contributed by atoms with Crippen LogP contribution in [0.25, 0.3) is 0 Å². The highest BCUT2D eigenvalue weighted by atomic mass is 16.4. The Morgan fingerprint density at radius 2 is 1.61 bits per heavy atom. The first-order chi connectivity index (χ1) is 8.27. The first kappa shape index (κ1) is 19.2. The molecule has 108 valence electrons. The summed E-state index contributed by atoms with van der Waals surface area (Å²) in [6.45, 7) is 5.76. The van der Waals surface area contributed by atoms with Gasteiger partial charge in [0.1, 0.15) is 12.1 Å². The van der Waals surface area contributed by atoms with Gasteiger partial charge in [-0.2, -0.15) is 0 Å². The quantitative estimate of drug-likeness (QED) is 0.543. The smallest absolute Gasteiger partial charge is 0.320 e. The van der Waals surface area contributed by atoms with Crippen LogP contribution >= 0.6 is 0 Å². The van der Waals surface area contributed by atoms with Crippen LogP contribution in [0, 0.1) is 5.92 Å². The molecule has 0 heterocycles. The largest absolute Gasteiger partial charge is 0.480 e. The zero-order valence-electron chi connectivity index (χ0n) is 11.4. The zero-order chi connectivity index (χ0) is 14.7. The van der Waals surface area contributed by atoms with Gasteiger partial charge in [-0.3, -0.25) is 9.59 Å². The average Bonchev–Trinajstić information content (AvgIpc) is 2.34. The highest BCUT2D eigenvalue weighted by Crippen LogP contribution is 2.04. The van der Waals surface area contributed by atoms with Gasteiger partial charge in [-0.25, -0.2) is 0 Å². The summed E-state index contributed by atoms with van der Waals surface area (Å²) in [4.78, 5) is 20.3. The average molecular weight is 262 g/mol. The molecule has 0 saturated carbocycles. The van der Waals surface area contributed by atoms with Crippen LogP contribution in [-0.2, 0) is 9.59 Å². The minimum absolute atomic E-state index is 0.0718. The summed E-state index contributed by atoms with van der Waals surface area (Å²) in [6, 6.07) is -1.36. The molecule has 0 aliphatic heterocycles. The van der Waals surface area contributed by atoms with Crippen LogP contribution in [0.3, 0.4) is 0 Å². The predicted molar refractivity (Wildman–Crippen MR) is 70.2 cm³/mol. The maximum absolute atomic E-state index is 10.2. The number of hydrogen-bond donors (Lipinski definition) is 4. The number of hydrogen-bond acceptors (Lipinski definition) is 4. The SMILES string of the molecule is CCC(C)[C@H](N)C(=O)O.CCCC[C@H](N)C(=O)O. The van der Waals surface area contributed by atoms with Crippen molar-refractivity contribution in [3.63, 3.8) is 0 Å². The molecule has 1 unspecified atom stereocenters. The van der Waals surface area contributed by atoms with E-state index < -0.39 is 24.0 Å². The van der Waals surface area contributed by atoms with E-state index in [0.29, 0.717) is 6.42 Å². The van der Waals surface area contributed by atoms with Gasteiger partial charge < -0.3 is 21.7 Å². The molecule has 6 nitrogen and oxygen atoms in total. The van der Waals surface area contributed by atoms with Crippen LogP contribution in [0.2, 0.25) is 0 Å². The zero-order valence-corrected chi connectivity index (χ0v) is 11.4. The van der Waals surface area contributed by atoms with Gasteiger partial charge in [-0.05, 0) is 12.3 Å².